The van der Waals surface area contributed by atoms with E-state index in [1.165, 1.54) is 5.01 Å². The van der Waals surface area contributed by atoms with Crippen LogP contribution in [-0.4, -0.2) is 23.3 Å². The number of hydrogen-bond donors (Lipinski definition) is 1. The molecule has 0 bridgehead atoms. The molecule has 134 valence electrons. The summed E-state index contributed by atoms with van der Waals surface area (Å²) < 4.78 is 0. The van der Waals surface area contributed by atoms with E-state index in [2.05, 4.69) is 22.6 Å². The molecule has 1 heterocycles. The maximum Gasteiger partial charge on any atom is 0.342 e. The van der Waals surface area contributed by atoms with Crippen molar-refractivity contribution in [3.63, 3.8) is 0 Å². The molecule has 4 rings (SSSR count). The van der Waals surface area contributed by atoms with Gasteiger partial charge in [0.2, 0.25) is 0 Å². The molecule has 3 aromatic carbocycles. The third kappa shape index (κ3) is 3.86. The van der Waals surface area contributed by atoms with E-state index in [9.17, 15) is 4.79 Å². The lowest BCUT2D eigenvalue weighted by Gasteiger charge is -2.16. The molecule has 4 nitrogen and oxygen atoms in total. The van der Waals surface area contributed by atoms with Gasteiger partial charge in [-0.25, -0.2) is 9.80 Å². The van der Waals surface area contributed by atoms with Crippen molar-refractivity contribution in [2.75, 3.05) is 11.9 Å². The number of para-hydroxylation sites is 1. The Bertz CT molecular complexity index is 956. The Morgan fingerprint density at radius 3 is 2.22 bits per heavy atom. The summed E-state index contributed by atoms with van der Waals surface area (Å²) in [5.74, 6) is 0.00824. The quantitative estimate of drug-likeness (QED) is 0.656. The summed E-state index contributed by atoms with van der Waals surface area (Å²) in [6, 6.07) is 26.8. The summed E-state index contributed by atoms with van der Waals surface area (Å²) in [6.45, 7) is 0.487. The molecule has 5 heteroatoms. The van der Waals surface area contributed by atoms with Gasteiger partial charge in [0.1, 0.15) is 0 Å². The smallest absolute Gasteiger partial charge is 0.306 e. The molecule has 0 saturated heterocycles. The van der Waals surface area contributed by atoms with Crippen LogP contribution in [0.3, 0.4) is 0 Å². The number of urea groups is 1. The third-order valence-electron chi connectivity index (χ3n) is 4.52. The minimum atomic E-state index is -0.244. The van der Waals surface area contributed by atoms with E-state index in [0.29, 0.717) is 11.6 Å². The molecule has 0 aromatic heterocycles. The van der Waals surface area contributed by atoms with Crippen LogP contribution in [0.5, 0.6) is 0 Å². The highest BCUT2D eigenvalue weighted by Gasteiger charge is 2.32. The first-order valence-corrected chi connectivity index (χ1v) is 9.11. The van der Waals surface area contributed by atoms with Crippen molar-refractivity contribution in [1.29, 1.82) is 0 Å². The van der Waals surface area contributed by atoms with Gasteiger partial charge in [-0.2, -0.15) is 5.10 Å². The lowest BCUT2D eigenvalue weighted by Crippen LogP contribution is -2.30. The first-order valence-electron chi connectivity index (χ1n) is 8.73. The second-order valence-corrected chi connectivity index (χ2v) is 6.77. The maximum atomic E-state index is 12.7. The zero-order valence-corrected chi connectivity index (χ0v) is 15.3. The average Bonchev–Trinajstić information content (AvgIpc) is 3.16. The summed E-state index contributed by atoms with van der Waals surface area (Å²) in [4.78, 5) is 12.7. The summed E-state index contributed by atoms with van der Waals surface area (Å²) in [5, 5.41) is 9.70. The zero-order chi connectivity index (χ0) is 18.6. The largest absolute Gasteiger partial charge is 0.342 e. The van der Waals surface area contributed by atoms with Gasteiger partial charge in [-0.1, -0.05) is 72.3 Å². The Hall–Kier alpha value is -3.11. The lowest BCUT2D eigenvalue weighted by molar-refractivity contribution is 0.218. The van der Waals surface area contributed by atoms with Gasteiger partial charge in [0.05, 0.1) is 12.3 Å². The zero-order valence-electron chi connectivity index (χ0n) is 14.5. The Kier molecular flexibility index (Phi) is 4.90. The number of halogens is 1. The molecular weight excluding hydrogens is 358 g/mol. The van der Waals surface area contributed by atoms with Gasteiger partial charge in [-0.05, 0) is 35.4 Å². The summed E-state index contributed by atoms with van der Waals surface area (Å²) in [7, 11) is 0. The van der Waals surface area contributed by atoms with Crippen molar-refractivity contribution < 1.29 is 4.79 Å². The number of hydrogen-bond acceptors (Lipinski definition) is 2. The van der Waals surface area contributed by atoms with E-state index < -0.39 is 0 Å². The fourth-order valence-electron chi connectivity index (χ4n) is 3.17. The van der Waals surface area contributed by atoms with E-state index in [-0.39, 0.29) is 11.9 Å². The molecule has 2 amide bonds. The molecule has 0 saturated carbocycles. The normalized spacial score (nSPS) is 16.1. The van der Waals surface area contributed by atoms with Crippen molar-refractivity contribution in [1.82, 2.24) is 5.01 Å². The Morgan fingerprint density at radius 2 is 1.56 bits per heavy atom. The van der Waals surface area contributed by atoms with Gasteiger partial charge in [-0.3, -0.25) is 0 Å². The fourth-order valence-corrected chi connectivity index (χ4v) is 3.29. The maximum absolute atomic E-state index is 12.7. The second kappa shape index (κ2) is 7.64. The molecule has 3 aromatic rings. The highest BCUT2D eigenvalue weighted by atomic mass is 35.5. The first-order chi connectivity index (χ1) is 13.2. The van der Waals surface area contributed by atoms with Crippen LogP contribution in [0.1, 0.15) is 17.0 Å². The van der Waals surface area contributed by atoms with Crippen molar-refractivity contribution in [3.8, 4) is 0 Å². The number of nitrogens with zero attached hydrogens (tertiary/aromatic N) is 2. The van der Waals surface area contributed by atoms with Crippen LogP contribution in [0.2, 0.25) is 5.02 Å². The lowest BCUT2D eigenvalue weighted by atomic mass is 9.91. The number of nitrogens with one attached hydrogen (secondary N) is 1. The SMILES string of the molecule is O=C(Nc1ccccc1)N1CC(c2ccccc2)C(c2ccc(Cl)cc2)=N1. The van der Waals surface area contributed by atoms with Crippen molar-refractivity contribution >= 4 is 29.0 Å². The first kappa shape index (κ1) is 17.3. The molecule has 1 aliphatic rings. The fraction of sp³-hybridized carbons (Fsp3) is 0.0909. The van der Waals surface area contributed by atoms with E-state index >= 15 is 0 Å². The topological polar surface area (TPSA) is 44.7 Å². The molecule has 1 unspecified atom stereocenters. The molecule has 27 heavy (non-hydrogen) atoms. The van der Waals surface area contributed by atoms with Crippen LogP contribution in [0.4, 0.5) is 10.5 Å². The highest BCUT2D eigenvalue weighted by Crippen LogP contribution is 2.29. The molecule has 1 aliphatic heterocycles. The van der Waals surface area contributed by atoms with E-state index in [1.807, 2.05) is 72.8 Å². The van der Waals surface area contributed by atoms with E-state index in [1.54, 1.807) is 0 Å². The third-order valence-corrected chi connectivity index (χ3v) is 4.77. The predicted molar refractivity (Wildman–Crippen MR) is 109 cm³/mol. The van der Waals surface area contributed by atoms with Gasteiger partial charge in [0.15, 0.2) is 0 Å². The average molecular weight is 376 g/mol. The van der Waals surface area contributed by atoms with Gasteiger partial charge in [0.25, 0.3) is 0 Å². The second-order valence-electron chi connectivity index (χ2n) is 6.33. The van der Waals surface area contributed by atoms with Gasteiger partial charge < -0.3 is 5.32 Å². The number of benzene rings is 3. The number of carbonyl (C=O) groups excluding carboxylic acids is 1. The summed E-state index contributed by atoms with van der Waals surface area (Å²) in [5.41, 5.74) is 3.69. The molecule has 0 spiro atoms. The summed E-state index contributed by atoms with van der Waals surface area (Å²) >= 11 is 6.03. The summed E-state index contributed by atoms with van der Waals surface area (Å²) in [6.07, 6.45) is 0. The van der Waals surface area contributed by atoms with Crippen LogP contribution in [-0.2, 0) is 0 Å². The van der Waals surface area contributed by atoms with Gasteiger partial charge in [-0.15, -0.1) is 0 Å². The molecule has 0 aliphatic carbocycles. The Balaban J connectivity index is 1.64. The Morgan fingerprint density at radius 1 is 0.926 bits per heavy atom. The number of rotatable bonds is 3. The van der Waals surface area contributed by atoms with Crippen LogP contribution in [0.25, 0.3) is 0 Å². The number of amides is 2. The standard InChI is InChI=1S/C22H18ClN3O/c23-18-13-11-17(12-14-18)21-20(16-7-3-1-4-8-16)15-26(25-21)22(27)24-19-9-5-2-6-10-19/h1-14,20H,15H2,(H,24,27). The highest BCUT2D eigenvalue weighted by molar-refractivity contribution is 6.30. The number of hydrazone groups is 1. The number of carbonyl (C=O) groups is 1. The van der Waals surface area contributed by atoms with Crippen LogP contribution in [0, 0.1) is 0 Å². The Labute approximate surface area is 163 Å². The molecule has 0 fully saturated rings. The predicted octanol–water partition coefficient (Wildman–Crippen LogP) is 5.38. The van der Waals surface area contributed by atoms with Gasteiger partial charge >= 0.3 is 6.03 Å². The molecule has 0 radical (unpaired) electrons. The minimum Gasteiger partial charge on any atom is -0.306 e. The monoisotopic (exact) mass is 375 g/mol. The molecular formula is C22H18ClN3O. The van der Waals surface area contributed by atoms with Gasteiger partial charge in [0, 0.05) is 16.6 Å². The minimum absolute atomic E-state index is 0.00824. The van der Waals surface area contributed by atoms with Crippen molar-refractivity contribution in [2.45, 2.75) is 5.92 Å². The van der Waals surface area contributed by atoms with Crippen LogP contribution < -0.4 is 5.32 Å². The van der Waals surface area contributed by atoms with Crippen molar-refractivity contribution in [3.05, 3.63) is 101 Å². The van der Waals surface area contributed by atoms with E-state index in [0.717, 1.165) is 22.5 Å². The molecule has 1 N–H and O–H groups in total. The number of anilines is 1. The van der Waals surface area contributed by atoms with E-state index in [4.69, 9.17) is 11.6 Å². The molecule has 1 atom stereocenters. The van der Waals surface area contributed by atoms with Crippen LogP contribution in [0.15, 0.2) is 90.0 Å². The van der Waals surface area contributed by atoms with Crippen LogP contribution >= 0.6 is 11.6 Å². The van der Waals surface area contributed by atoms with Crippen molar-refractivity contribution in [2.24, 2.45) is 5.10 Å².